The monoisotopic (exact) mass is 292 g/mol. The molecule has 1 saturated heterocycles. The van der Waals surface area contributed by atoms with Crippen LogP contribution in [0.3, 0.4) is 0 Å². The minimum atomic E-state index is 0.561. The number of halogens is 1. The summed E-state index contributed by atoms with van der Waals surface area (Å²) in [6.07, 6.45) is 1.69. The molecule has 0 spiro atoms. The second-order valence-electron chi connectivity index (χ2n) is 4.54. The van der Waals surface area contributed by atoms with E-state index in [-0.39, 0.29) is 0 Å². The van der Waals surface area contributed by atoms with Gasteiger partial charge in [-0.05, 0) is 12.1 Å². The van der Waals surface area contributed by atoms with Gasteiger partial charge < -0.3 is 9.32 Å². The first kappa shape index (κ1) is 12.9. The molecular weight excluding hydrogens is 280 g/mol. The van der Waals surface area contributed by atoms with E-state index in [1.54, 1.807) is 6.20 Å². The average Bonchev–Trinajstić information content (AvgIpc) is 2.97. The highest BCUT2D eigenvalue weighted by atomic mass is 35.5. The van der Waals surface area contributed by atoms with Crippen LogP contribution in [0.1, 0.15) is 0 Å². The maximum absolute atomic E-state index is 10.4. The third-order valence-electron chi connectivity index (χ3n) is 3.24. The van der Waals surface area contributed by atoms with Gasteiger partial charge in [-0.3, -0.25) is 5.01 Å². The first-order valence-electron chi connectivity index (χ1n) is 6.31. The van der Waals surface area contributed by atoms with Crippen molar-refractivity contribution >= 4 is 17.6 Å². The number of piperazine rings is 1. The van der Waals surface area contributed by atoms with Crippen LogP contribution in [0.2, 0.25) is 5.02 Å². The molecule has 20 heavy (non-hydrogen) atoms. The summed E-state index contributed by atoms with van der Waals surface area (Å²) in [5, 5.41) is 5.08. The highest BCUT2D eigenvalue weighted by Gasteiger charge is 2.20. The molecule has 0 unspecified atom stereocenters. The summed E-state index contributed by atoms with van der Waals surface area (Å²) in [5.41, 5.74) is 0.893. The lowest BCUT2D eigenvalue weighted by Crippen LogP contribution is -2.44. The van der Waals surface area contributed by atoms with E-state index < -0.39 is 0 Å². The first-order chi connectivity index (χ1) is 9.76. The van der Waals surface area contributed by atoms with Gasteiger partial charge in [-0.2, -0.15) is 0 Å². The number of rotatable bonds is 3. The normalized spacial score (nSPS) is 15.4. The lowest BCUT2D eigenvalue weighted by atomic mass is 10.2. The van der Waals surface area contributed by atoms with Crippen LogP contribution in [0.5, 0.6) is 0 Å². The Bertz CT molecular complexity index is 608. The predicted molar refractivity (Wildman–Crippen MR) is 76.5 cm³/mol. The second-order valence-corrected chi connectivity index (χ2v) is 4.98. The van der Waals surface area contributed by atoms with E-state index in [0.29, 0.717) is 43.0 Å². The third kappa shape index (κ3) is 2.60. The van der Waals surface area contributed by atoms with Gasteiger partial charge in [-0.1, -0.05) is 23.7 Å². The van der Waals surface area contributed by atoms with Gasteiger partial charge in [-0.25, -0.2) is 4.98 Å². The van der Waals surface area contributed by atoms with E-state index in [9.17, 15) is 4.91 Å². The molecule has 2 aromatic rings. The van der Waals surface area contributed by atoms with Crippen LogP contribution in [0, 0.1) is 4.91 Å². The van der Waals surface area contributed by atoms with Gasteiger partial charge in [0.2, 0.25) is 0 Å². The van der Waals surface area contributed by atoms with Crippen molar-refractivity contribution in [2.75, 3.05) is 31.1 Å². The quantitative estimate of drug-likeness (QED) is 0.814. The van der Waals surface area contributed by atoms with Crippen LogP contribution in [0.4, 0.5) is 6.01 Å². The number of anilines is 1. The van der Waals surface area contributed by atoms with Crippen molar-refractivity contribution in [3.8, 4) is 11.3 Å². The van der Waals surface area contributed by atoms with Gasteiger partial charge in [0.1, 0.15) is 0 Å². The van der Waals surface area contributed by atoms with Crippen molar-refractivity contribution < 1.29 is 4.42 Å². The molecule has 3 rings (SSSR count). The maximum atomic E-state index is 10.4. The van der Waals surface area contributed by atoms with Gasteiger partial charge in [0.05, 0.1) is 24.6 Å². The number of nitroso groups, excluding NO2 is 1. The molecule has 1 aliphatic heterocycles. The van der Waals surface area contributed by atoms with Crippen molar-refractivity contribution in [3.05, 3.63) is 40.4 Å². The number of oxazole rings is 1. The summed E-state index contributed by atoms with van der Waals surface area (Å²) in [5.74, 6) is 0.679. The van der Waals surface area contributed by atoms with Crippen LogP contribution < -0.4 is 4.90 Å². The van der Waals surface area contributed by atoms with Crippen LogP contribution in [-0.2, 0) is 0 Å². The summed E-state index contributed by atoms with van der Waals surface area (Å²) in [7, 11) is 0. The molecule has 2 heterocycles. The minimum absolute atomic E-state index is 0.561. The van der Waals surface area contributed by atoms with E-state index in [0.717, 1.165) is 5.56 Å². The van der Waals surface area contributed by atoms with E-state index in [2.05, 4.69) is 10.3 Å². The molecule has 1 aromatic heterocycles. The number of nitrogens with zero attached hydrogens (tertiary/aromatic N) is 4. The van der Waals surface area contributed by atoms with Crippen molar-refractivity contribution in [1.82, 2.24) is 9.99 Å². The van der Waals surface area contributed by atoms with Crippen LogP contribution >= 0.6 is 11.6 Å². The number of hydrogen-bond donors (Lipinski definition) is 0. The molecule has 1 aromatic carbocycles. The summed E-state index contributed by atoms with van der Waals surface area (Å²) in [6.45, 7) is 2.50. The molecule has 1 fully saturated rings. The third-order valence-corrected chi connectivity index (χ3v) is 3.48. The molecule has 0 atom stereocenters. The average molecular weight is 293 g/mol. The van der Waals surface area contributed by atoms with Gasteiger partial charge in [-0.15, -0.1) is 4.91 Å². The number of benzene rings is 1. The summed E-state index contributed by atoms with van der Waals surface area (Å²) in [4.78, 5) is 16.7. The zero-order valence-corrected chi connectivity index (χ0v) is 11.5. The van der Waals surface area contributed by atoms with Crippen LogP contribution in [0.25, 0.3) is 11.3 Å². The molecule has 6 nitrogen and oxygen atoms in total. The van der Waals surface area contributed by atoms with Gasteiger partial charge in [0, 0.05) is 23.7 Å². The van der Waals surface area contributed by atoms with Gasteiger partial charge in [0.15, 0.2) is 5.76 Å². The smallest absolute Gasteiger partial charge is 0.297 e. The highest BCUT2D eigenvalue weighted by molar-refractivity contribution is 6.30. The van der Waals surface area contributed by atoms with E-state index in [4.69, 9.17) is 16.0 Å². The molecule has 7 heteroatoms. The lowest BCUT2D eigenvalue weighted by Gasteiger charge is -2.29. The topological polar surface area (TPSA) is 61.9 Å². The molecule has 104 valence electrons. The van der Waals surface area contributed by atoms with E-state index in [1.165, 1.54) is 5.01 Å². The fourth-order valence-electron chi connectivity index (χ4n) is 2.16. The SMILES string of the molecule is O=NN1CCN(c2ncc(-c3cccc(Cl)c3)o2)CC1. The Balaban J connectivity index is 1.76. The van der Waals surface area contributed by atoms with Crippen LogP contribution in [0.15, 0.2) is 40.2 Å². The molecule has 0 radical (unpaired) electrons. The second kappa shape index (κ2) is 5.50. The Morgan fingerprint density at radius 3 is 2.75 bits per heavy atom. The molecule has 0 amide bonds. The molecule has 1 aliphatic rings. The van der Waals surface area contributed by atoms with Crippen molar-refractivity contribution in [2.24, 2.45) is 5.29 Å². The Morgan fingerprint density at radius 2 is 2.05 bits per heavy atom. The predicted octanol–water partition coefficient (Wildman–Crippen LogP) is 2.80. The Morgan fingerprint density at radius 1 is 1.25 bits per heavy atom. The highest BCUT2D eigenvalue weighted by Crippen LogP contribution is 2.26. The minimum Gasteiger partial charge on any atom is -0.423 e. The first-order valence-corrected chi connectivity index (χ1v) is 6.69. The van der Waals surface area contributed by atoms with Crippen molar-refractivity contribution in [2.45, 2.75) is 0 Å². The Kier molecular flexibility index (Phi) is 3.56. The maximum Gasteiger partial charge on any atom is 0.297 e. The van der Waals surface area contributed by atoms with Gasteiger partial charge >= 0.3 is 0 Å². The Labute approximate surface area is 120 Å². The van der Waals surface area contributed by atoms with Crippen molar-refractivity contribution in [1.29, 1.82) is 0 Å². The van der Waals surface area contributed by atoms with E-state index in [1.807, 2.05) is 29.2 Å². The molecular formula is C13H13ClN4O2. The van der Waals surface area contributed by atoms with Gasteiger partial charge in [0.25, 0.3) is 6.01 Å². The zero-order valence-electron chi connectivity index (χ0n) is 10.7. The lowest BCUT2D eigenvalue weighted by molar-refractivity contribution is 0.261. The largest absolute Gasteiger partial charge is 0.423 e. The molecule has 0 aliphatic carbocycles. The zero-order chi connectivity index (χ0) is 13.9. The van der Waals surface area contributed by atoms with Crippen molar-refractivity contribution in [3.63, 3.8) is 0 Å². The summed E-state index contributed by atoms with van der Waals surface area (Å²) >= 11 is 5.96. The Hall–Kier alpha value is -2.08. The standard InChI is InChI=1S/C13H13ClN4O2/c14-11-3-1-2-10(8-11)12-9-15-13(20-12)17-4-6-18(16-19)7-5-17/h1-3,8-9H,4-7H2. The molecule has 0 N–H and O–H groups in total. The summed E-state index contributed by atoms with van der Waals surface area (Å²) in [6, 6.07) is 8.00. The summed E-state index contributed by atoms with van der Waals surface area (Å²) < 4.78 is 5.76. The fraction of sp³-hybridized carbons (Fsp3) is 0.308. The number of aromatic nitrogens is 1. The van der Waals surface area contributed by atoms with E-state index >= 15 is 0 Å². The molecule has 0 bridgehead atoms. The fourth-order valence-corrected chi connectivity index (χ4v) is 2.35. The molecule has 0 saturated carbocycles. The van der Waals surface area contributed by atoms with Crippen LogP contribution in [-0.4, -0.2) is 36.2 Å². The number of hydrogen-bond acceptors (Lipinski definition) is 5.